The summed E-state index contributed by atoms with van der Waals surface area (Å²) in [6.07, 6.45) is 5.60. The van der Waals surface area contributed by atoms with Crippen LogP contribution in [0.15, 0.2) is 0 Å². The van der Waals surface area contributed by atoms with Crippen LogP contribution >= 0.6 is 11.8 Å². The molecule has 0 amide bonds. The molecule has 1 rings (SSSR count). The minimum Gasteiger partial charge on any atom is -0.310 e. The molecule has 0 aliphatic heterocycles. The third-order valence-electron chi connectivity index (χ3n) is 3.45. The van der Waals surface area contributed by atoms with Crippen LogP contribution in [0.3, 0.4) is 0 Å². The van der Waals surface area contributed by atoms with E-state index in [1.165, 1.54) is 31.4 Å². The lowest BCUT2D eigenvalue weighted by atomic mass is 10.0. The molecule has 0 aromatic rings. The Bertz CT molecular complexity index is 197. The van der Waals surface area contributed by atoms with Crippen molar-refractivity contribution in [3.8, 4) is 0 Å². The summed E-state index contributed by atoms with van der Waals surface area (Å²) >= 11 is 2.07. The second-order valence-corrected chi connectivity index (χ2v) is 8.04. The van der Waals surface area contributed by atoms with Crippen LogP contribution in [0.4, 0.5) is 0 Å². The standard InChI is InChI=1S/C14H29NS/c1-6-12-8-7-9-13(12)15-11(2)10-16-14(3,4)5/h11-13,15H,6-10H2,1-5H3. The van der Waals surface area contributed by atoms with E-state index in [1.807, 2.05) is 0 Å². The second kappa shape index (κ2) is 6.30. The summed E-state index contributed by atoms with van der Waals surface area (Å²) in [7, 11) is 0. The molecule has 3 unspecified atom stereocenters. The molecule has 16 heavy (non-hydrogen) atoms. The fourth-order valence-electron chi connectivity index (χ4n) is 2.53. The largest absolute Gasteiger partial charge is 0.310 e. The minimum atomic E-state index is 0.399. The van der Waals surface area contributed by atoms with Gasteiger partial charge in [-0.3, -0.25) is 0 Å². The Hall–Kier alpha value is 0.310. The van der Waals surface area contributed by atoms with Crippen molar-refractivity contribution in [2.75, 3.05) is 5.75 Å². The first-order valence-electron chi connectivity index (χ1n) is 6.82. The highest BCUT2D eigenvalue weighted by Gasteiger charge is 2.26. The van der Waals surface area contributed by atoms with Gasteiger partial charge in [0.1, 0.15) is 0 Å². The van der Waals surface area contributed by atoms with Gasteiger partial charge in [-0.05, 0) is 25.7 Å². The van der Waals surface area contributed by atoms with Crippen molar-refractivity contribution in [1.29, 1.82) is 0 Å². The van der Waals surface area contributed by atoms with Crippen molar-refractivity contribution in [2.24, 2.45) is 5.92 Å². The van der Waals surface area contributed by atoms with Gasteiger partial charge in [0.25, 0.3) is 0 Å². The molecule has 0 aromatic heterocycles. The number of thioether (sulfide) groups is 1. The van der Waals surface area contributed by atoms with E-state index in [2.05, 4.69) is 51.7 Å². The molecule has 0 heterocycles. The molecule has 0 spiro atoms. The summed E-state index contributed by atoms with van der Waals surface area (Å²) in [4.78, 5) is 0. The fourth-order valence-corrected chi connectivity index (χ4v) is 3.38. The lowest BCUT2D eigenvalue weighted by Crippen LogP contribution is -2.40. The average Bonchev–Trinajstić information content (AvgIpc) is 2.61. The first kappa shape index (κ1) is 14.4. The lowest BCUT2D eigenvalue weighted by molar-refractivity contribution is 0.367. The topological polar surface area (TPSA) is 12.0 Å². The first-order chi connectivity index (χ1) is 7.42. The van der Waals surface area contributed by atoms with Crippen molar-refractivity contribution in [1.82, 2.24) is 5.32 Å². The van der Waals surface area contributed by atoms with E-state index >= 15 is 0 Å². The van der Waals surface area contributed by atoms with Crippen molar-refractivity contribution >= 4 is 11.8 Å². The zero-order chi connectivity index (χ0) is 12.2. The first-order valence-corrected chi connectivity index (χ1v) is 7.81. The maximum atomic E-state index is 3.83. The highest BCUT2D eigenvalue weighted by Crippen LogP contribution is 2.29. The van der Waals surface area contributed by atoms with Crippen LogP contribution < -0.4 is 5.32 Å². The zero-order valence-corrected chi connectivity index (χ0v) is 12.5. The predicted molar refractivity (Wildman–Crippen MR) is 76.2 cm³/mol. The van der Waals surface area contributed by atoms with Gasteiger partial charge in [0.2, 0.25) is 0 Å². The van der Waals surface area contributed by atoms with Crippen LogP contribution in [-0.4, -0.2) is 22.6 Å². The molecule has 0 saturated heterocycles. The van der Waals surface area contributed by atoms with Crippen molar-refractivity contribution in [3.63, 3.8) is 0 Å². The van der Waals surface area contributed by atoms with Crippen molar-refractivity contribution in [3.05, 3.63) is 0 Å². The molecule has 0 bridgehead atoms. The highest BCUT2D eigenvalue weighted by atomic mass is 32.2. The Balaban J connectivity index is 2.25. The Labute approximate surface area is 106 Å². The number of hydrogen-bond donors (Lipinski definition) is 1. The summed E-state index contributed by atoms with van der Waals surface area (Å²) in [6, 6.07) is 1.45. The molecule has 96 valence electrons. The van der Waals surface area contributed by atoms with Gasteiger partial charge in [0.15, 0.2) is 0 Å². The van der Waals surface area contributed by atoms with E-state index in [4.69, 9.17) is 0 Å². The van der Waals surface area contributed by atoms with E-state index in [0.717, 1.165) is 12.0 Å². The van der Waals surface area contributed by atoms with Gasteiger partial charge in [0.05, 0.1) is 0 Å². The van der Waals surface area contributed by atoms with Crippen LogP contribution in [0.1, 0.15) is 60.3 Å². The number of nitrogens with one attached hydrogen (secondary N) is 1. The lowest BCUT2D eigenvalue weighted by Gasteiger charge is -2.26. The maximum Gasteiger partial charge on any atom is 0.0132 e. The SMILES string of the molecule is CCC1CCCC1NC(C)CSC(C)(C)C. The van der Waals surface area contributed by atoms with Crippen molar-refractivity contribution in [2.45, 2.75) is 77.1 Å². The summed E-state index contributed by atoms with van der Waals surface area (Å²) in [5, 5.41) is 3.83. The highest BCUT2D eigenvalue weighted by molar-refractivity contribution is 8.00. The van der Waals surface area contributed by atoms with Gasteiger partial charge in [-0.15, -0.1) is 0 Å². The molecular weight excluding hydrogens is 214 g/mol. The molecule has 1 saturated carbocycles. The maximum absolute atomic E-state index is 3.83. The Morgan fingerprint density at radius 1 is 1.31 bits per heavy atom. The van der Waals surface area contributed by atoms with Gasteiger partial charge >= 0.3 is 0 Å². The average molecular weight is 243 g/mol. The summed E-state index contributed by atoms with van der Waals surface area (Å²) < 4.78 is 0.399. The molecule has 1 nitrogen and oxygen atoms in total. The van der Waals surface area contributed by atoms with Gasteiger partial charge in [-0.25, -0.2) is 0 Å². The van der Waals surface area contributed by atoms with Gasteiger partial charge in [0, 0.05) is 22.6 Å². The number of hydrogen-bond acceptors (Lipinski definition) is 2. The Morgan fingerprint density at radius 2 is 2.00 bits per heavy atom. The molecule has 0 radical (unpaired) electrons. The molecule has 3 atom stereocenters. The molecular formula is C14H29NS. The normalized spacial score (nSPS) is 28.3. The van der Waals surface area contributed by atoms with Crippen LogP contribution in [0.5, 0.6) is 0 Å². The van der Waals surface area contributed by atoms with Crippen molar-refractivity contribution < 1.29 is 0 Å². The minimum absolute atomic E-state index is 0.399. The molecule has 0 aromatic carbocycles. The Kier molecular flexibility index (Phi) is 5.66. The molecule has 2 heteroatoms. The summed E-state index contributed by atoms with van der Waals surface area (Å²) in [6.45, 7) is 11.6. The van der Waals surface area contributed by atoms with Crippen LogP contribution in [0.2, 0.25) is 0 Å². The van der Waals surface area contributed by atoms with Crippen LogP contribution in [0, 0.1) is 5.92 Å². The van der Waals surface area contributed by atoms with E-state index in [1.54, 1.807) is 0 Å². The monoisotopic (exact) mass is 243 g/mol. The fraction of sp³-hybridized carbons (Fsp3) is 1.00. The van der Waals surface area contributed by atoms with Crippen LogP contribution in [0.25, 0.3) is 0 Å². The molecule has 1 N–H and O–H groups in total. The van der Waals surface area contributed by atoms with E-state index in [9.17, 15) is 0 Å². The Morgan fingerprint density at radius 3 is 2.56 bits per heavy atom. The zero-order valence-electron chi connectivity index (χ0n) is 11.7. The molecule has 1 aliphatic rings. The second-order valence-electron chi connectivity index (χ2n) is 6.20. The quantitative estimate of drug-likeness (QED) is 0.781. The van der Waals surface area contributed by atoms with Gasteiger partial charge < -0.3 is 5.32 Å². The molecule has 1 fully saturated rings. The van der Waals surface area contributed by atoms with Gasteiger partial charge in [-0.1, -0.05) is 40.5 Å². The van der Waals surface area contributed by atoms with Gasteiger partial charge in [-0.2, -0.15) is 11.8 Å². The van der Waals surface area contributed by atoms with E-state index in [-0.39, 0.29) is 0 Å². The predicted octanol–water partition coefficient (Wildman–Crippen LogP) is 4.07. The van der Waals surface area contributed by atoms with E-state index < -0.39 is 0 Å². The summed E-state index contributed by atoms with van der Waals surface area (Å²) in [5.41, 5.74) is 0. The van der Waals surface area contributed by atoms with Crippen LogP contribution in [-0.2, 0) is 0 Å². The number of rotatable bonds is 5. The van der Waals surface area contributed by atoms with E-state index in [0.29, 0.717) is 10.8 Å². The molecule has 1 aliphatic carbocycles. The smallest absolute Gasteiger partial charge is 0.0132 e. The summed E-state index contributed by atoms with van der Waals surface area (Å²) in [5.74, 6) is 2.17. The third-order valence-corrected chi connectivity index (χ3v) is 4.98. The third kappa shape index (κ3) is 5.09.